The summed E-state index contributed by atoms with van der Waals surface area (Å²) in [5.74, 6) is -0.114. The zero-order valence-corrected chi connectivity index (χ0v) is 15.6. The smallest absolute Gasteiger partial charge is 0.281 e. The predicted molar refractivity (Wildman–Crippen MR) is 96.2 cm³/mol. The second-order valence-corrected chi connectivity index (χ2v) is 8.55. The standard InChI is InChI=1S/C17H15ClN4O3S/c1-20(2)17-21(16(23)11-7-9-12(18)10-8-11)19-15-13-5-3-4-6-14(13)26(24,25)22(15)17/h3-10,17H,1-2H3/p+1/t17-/m0/s1. The van der Waals surface area contributed by atoms with Gasteiger partial charge < -0.3 is 0 Å². The molecule has 1 amide bonds. The number of rotatable bonds is 2. The van der Waals surface area contributed by atoms with E-state index in [1.165, 1.54) is 9.31 Å². The monoisotopic (exact) mass is 391 g/mol. The van der Waals surface area contributed by atoms with Crippen LogP contribution < -0.4 is 4.90 Å². The highest BCUT2D eigenvalue weighted by Crippen LogP contribution is 2.36. The quantitative estimate of drug-likeness (QED) is 0.814. The Morgan fingerprint density at radius 3 is 2.42 bits per heavy atom. The molecule has 2 aliphatic rings. The van der Waals surface area contributed by atoms with Gasteiger partial charge in [-0.1, -0.05) is 23.7 Å². The maximum Gasteiger partial charge on any atom is 0.281 e. The van der Waals surface area contributed by atoms with Gasteiger partial charge in [0.1, 0.15) is 0 Å². The van der Waals surface area contributed by atoms with Gasteiger partial charge in [-0.05, 0) is 36.4 Å². The van der Waals surface area contributed by atoms with Crippen LogP contribution in [0.2, 0.25) is 5.02 Å². The molecular formula is C17H16ClN4O3S+. The van der Waals surface area contributed by atoms with Crippen LogP contribution in [0.1, 0.15) is 15.9 Å². The third-order valence-corrected chi connectivity index (χ3v) is 6.40. The van der Waals surface area contributed by atoms with Crippen molar-refractivity contribution < 1.29 is 18.1 Å². The molecule has 2 aliphatic heterocycles. The molecule has 0 aliphatic carbocycles. The first-order valence-corrected chi connectivity index (χ1v) is 9.76. The zero-order chi connectivity index (χ0) is 18.6. The van der Waals surface area contributed by atoms with Crippen LogP contribution in [0.15, 0.2) is 58.5 Å². The third kappa shape index (κ3) is 2.33. The van der Waals surface area contributed by atoms with Crippen molar-refractivity contribution in [2.75, 3.05) is 14.1 Å². The summed E-state index contributed by atoms with van der Waals surface area (Å²) in [5, 5.41) is 6.12. The van der Waals surface area contributed by atoms with Crippen LogP contribution in [0.3, 0.4) is 0 Å². The minimum atomic E-state index is -3.77. The lowest BCUT2D eigenvalue weighted by Crippen LogP contribution is -3.13. The number of fused-ring (bicyclic) bond motifs is 3. The number of amidine groups is 1. The molecule has 134 valence electrons. The van der Waals surface area contributed by atoms with Crippen LogP contribution in [0.25, 0.3) is 0 Å². The molecule has 4 rings (SSSR count). The summed E-state index contributed by atoms with van der Waals surface area (Å²) in [7, 11) is -0.203. The van der Waals surface area contributed by atoms with Crippen LogP contribution in [0.5, 0.6) is 0 Å². The number of quaternary nitrogens is 1. The van der Waals surface area contributed by atoms with Crippen molar-refractivity contribution in [3.8, 4) is 0 Å². The van der Waals surface area contributed by atoms with Gasteiger partial charge in [-0.2, -0.15) is 9.31 Å². The fraction of sp³-hybridized carbons (Fsp3) is 0.176. The second-order valence-electron chi connectivity index (χ2n) is 6.33. The van der Waals surface area contributed by atoms with Crippen LogP contribution >= 0.6 is 11.6 Å². The number of benzene rings is 2. The number of hydrogen-bond donors (Lipinski definition) is 1. The van der Waals surface area contributed by atoms with E-state index in [0.717, 1.165) is 4.90 Å². The summed E-state index contributed by atoms with van der Waals surface area (Å²) in [6, 6.07) is 13.1. The normalized spacial score (nSPS) is 20.2. The van der Waals surface area contributed by atoms with E-state index in [2.05, 4.69) is 5.10 Å². The molecule has 9 heteroatoms. The number of halogens is 1. The predicted octanol–water partition coefficient (Wildman–Crippen LogP) is 0.590. The summed E-state index contributed by atoms with van der Waals surface area (Å²) < 4.78 is 27.2. The first kappa shape index (κ1) is 17.0. The van der Waals surface area contributed by atoms with Crippen molar-refractivity contribution in [2.45, 2.75) is 11.2 Å². The number of carbonyl (C=O) groups is 1. The van der Waals surface area contributed by atoms with E-state index in [1.807, 2.05) is 0 Å². The Morgan fingerprint density at radius 2 is 1.77 bits per heavy atom. The molecule has 1 N–H and O–H groups in total. The highest BCUT2D eigenvalue weighted by atomic mass is 35.5. The maximum absolute atomic E-state index is 13.0. The molecule has 0 unspecified atom stereocenters. The van der Waals surface area contributed by atoms with E-state index >= 15 is 0 Å². The van der Waals surface area contributed by atoms with Gasteiger partial charge in [0.2, 0.25) is 0 Å². The molecule has 0 saturated carbocycles. The first-order valence-electron chi connectivity index (χ1n) is 7.94. The number of sulfonamides is 1. The lowest BCUT2D eigenvalue weighted by molar-refractivity contribution is -0.904. The molecule has 0 fully saturated rings. The fourth-order valence-electron chi connectivity index (χ4n) is 3.18. The number of hydrogen-bond acceptors (Lipinski definition) is 4. The van der Waals surface area contributed by atoms with Crippen molar-refractivity contribution >= 4 is 33.4 Å². The first-order chi connectivity index (χ1) is 12.3. The Hall–Kier alpha value is -2.42. The Labute approximate surface area is 156 Å². The molecule has 2 aromatic carbocycles. The average Bonchev–Trinajstić information content (AvgIpc) is 3.11. The summed E-state index contributed by atoms with van der Waals surface area (Å²) in [6.07, 6.45) is -0.800. The number of amides is 1. The Bertz CT molecular complexity index is 1030. The van der Waals surface area contributed by atoms with Gasteiger partial charge in [-0.25, -0.2) is 8.42 Å². The van der Waals surface area contributed by atoms with Crippen molar-refractivity contribution in [3.05, 3.63) is 64.7 Å². The van der Waals surface area contributed by atoms with Gasteiger partial charge in [0.25, 0.3) is 22.2 Å². The summed E-state index contributed by atoms with van der Waals surface area (Å²) in [6.45, 7) is 0. The van der Waals surface area contributed by atoms with Gasteiger partial charge in [0, 0.05) is 16.1 Å². The summed E-state index contributed by atoms with van der Waals surface area (Å²) in [5.41, 5.74) is 0.891. The van der Waals surface area contributed by atoms with E-state index in [1.54, 1.807) is 62.6 Å². The van der Waals surface area contributed by atoms with Crippen molar-refractivity contribution in [3.63, 3.8) is 0 Å². The molecule has 26 heavy (non-hydrogen) atoms. The zero-order valence-electron chi connectivity index (χ0n) is 14.0. The molecule has 0 saturated heterocycles. The molecule has 2 aromatic rings. The molecular weight excluding hydrogens is 376 g/mol. The average molecular weight is 392 g/mol. The summed E-state index contributed by atoms with van der Waals surface area (Å²) >= 11 is 5.88. The van der Waals surface area contributed by atoms with Gasteiger partial charge in [-0.3, -0.25) is 9.69 Å². The van der Waals surface area contributed by atoms with E-state index in [4.69, 9.17) is 11.6 Å². The summed E-state index contributed by atoms with van der Waals surface area (Å²) in [4.78, 5) is 13.9. The number of nitrogens with zero attached hydrogens (tertiary/aromatic N) is 3. The highest BCUT2D eigenvalue weighted by molar-refractivity contribution is 7.90. The van der Waals surface area contributed by atoms with E-state index < -0.39 is 16.3 Å². The van der Waals surface area contributed by atoms with Crippen LogP contribution in [0, 0.1) is 0 Å². The molecule has 0 radical (unpaired) electrons. The largest absolute Gasteiger partial charge is 0.299 e. The minimum absolute atomic E-state index is 0.212. The molecule has 1 atom stereocenters. The van der Waals surface area contributed by atoms with Crippen molar-refractivity contribution in [1.82, 2.24) is 9.31 Å². The molecule has 0 bridgehead atoms. The highest BCUT2D eigenvalue weighted by Gasteiger charge is 2.54. The van der Waals surface area contributed by atoms with Crippen LogP contribution in [0.4, 0.5) is 0 Å². The Morgan fingerprint density at radius 1 is 1.12 bits per heavy atom. The number of nitrogens with one attached hydrogen (secondary N) is 1. The van der Waals surface area contributed by atoms with Gasteiger partial charge in [0.15, 0.2) is 5.84 Å². The van der Waals surface area contributed by atoms with Gasteiger partial charge >= 0.3 is 0 Å². The number of hydrazone groups is 1. The maximum atomic E-state index is 13.0. The molecule has 0 spiro atoms. The topological polar surface area (TPSA) is 74.5 Å². The van der Waals surface area contributed by atoms with Gasteiger partial charge in [-0.15, -0.1) is 5.10 Å². The van der Waals surface area contributed by atoms with Crippen molar-refractivity contribution in [1.29, 1.82) is 0 Å². The van der Waals surface area contributed by atoms with E-state index in [-0.39, 0.29) is 16.6 Å². The van der Waals surface area contributed by atoms with Crippen molar-refractivity contribution in [2.24, 2.45) is 5.10 Å². The lowest BCUT2D eigenvalue weighted by Gasteiger charge is -2.29. The second kappa shape index (κ2) is 5.80. The Kier molecular flexibility index (Phi) is 3.80. The van der Waals surface area contributed by atoms with E-state index in [9.17, 15) is 13.2 Å². The minimum Gasteiger partial charge on any atom is -0.299 e. The van der Waals surface area contributed by atoms with E-state index in [0.29, 0.717) is 16.1 Å². The third-order valence-electron chi connectivity index (χ3n) is 4.35. The van der Waals surface area contributed by atoms with Gasteiger partial charge in [0.05, 0.1) is 19.0 Å². The lowest BCUT2D eigenvalue weighted by atomic mass is 10.2. The molecule has 7 nitrogen and oxygen atoms in total. The Balaban J connectivity index is 1.84. The van der Waals surface area contributed by atoms with Crippen LogP contribution in [-0.2, 0) is 10.0 Å². The molecule has 2 heterocycles. The van der Waals surface area contributed by atoms with Crippen LogP contribution in [-0.4, -0.2) is 49.9 Å². The SMILES string of the molecule is C[NH+](C)[C@H]1N(C(=O)c2ccc(Cl)cc2)N=C2c3ccccc3S(=O)(=O)N21. The molecule has 0 aromatic heterocycles. The number of carbonyl (C=O) groups excluding carboxylic acids is 1. The fourth-order valence-corrected chi connectivity index (χ4v) is 5.13.